The maximum atomic E-state index is 13.3. The molecule has 6 nitrogen and oxygen atoms in total. The van der Waals surface area contributed by atoms with E-state index < -0.39 is 23.7 Å². The first kappa shape index (κ1) is 30.8. The lowest BCUT2D eigenvalue weighted by Crippen LogP contribution is -2.42. The van der Waals surface area contributed by atoms with E-state index in [4.69, 9.17) is 4.74 Å². The van der Waals surface area contributed by atoms with Crippen LogP contribution in [0, 0.1) is 5.82 Å². The van der Waals surface area contributed by atoms with E-state index in [1.165, 1.54) is 61.9 Å². The molecule has 2 N–H and O–H groups in total. The predicted octanol–water partition coefficient (Wildman–Crippen LogP) is 7.51. The molecule has 1 amide bonds. The van der Waals surface area contributed by atoms with Gasteiger partial charge in [-0.2, -0.15) is 0 Å². The Morgan fingerprint density at radius 1 is 0.818 bits per heavy atom. The SMILES string of the molecule is COc1ccc(CN(Cc2ccc(C(=O)NC(Cc3ccc(F)cc3)C(=O)O)cc2)c2ccc(C3CCCCC3)cc2)cc1. The zero-order chi connectivity index (χ0) is 30.9. The van der Waals surface area contributed by atoms with Crippen molar-refractivity contribution >= 4 is 17.6 Å². The summed E-state index contributed by atoms with van der Waals surface area (Å²) in [5.74, 6) is -0.567. The smallest absolute Gasteiger partial charge is 0.326 e. The van der Waals surface area contributed by atoms with Gasteiger partial charge in [0.25, 0.3) is 5.91 Å². The van der Waals surface area contributed by atoms with E-state index in [0.29, 0.717) is 30.1 Å². The number of carboxylic acids is 1. The highest BCUT2D eigenvalue weighted by Crippen LogP contribution is 2.34. The standard InChI is InChI=1S/C37H39FN2O4/c1-44-34-21-11-28(12-22-34)25-40(33-19-15-30(16-20-33)29-5-3-2-4-6-29)24-27-7-13-31(14-8-27)36(41)39-35(37(42)43)23-26-9-17-32(38)18-10-26/h7-22,29,35H,2-6,23-25H2,1H3,(H,39,41)(H,42,43). The molecule has 228 valence electrons. The van der Waals surface area contributed by atoms with Crippen LogP contribution in [-0.4, -0.2) is 30.1 Å². The summed E-state index contributed by atoms with van der Waals surface area (Å²) < 4.78 is 18.6. The number of ether oxygens (including phenoxy) is 1. The summed E-state index contributed by atoms with van der Waals surface area (Å²) in [5, 5.41) is 12.3. The molecule has 0 saturated heterocycles. The largest absolute Gasteiger partial charge is 0.497 e. The number of carboxylic acid groups (broad SMARTS) is 1. The molecule has 0 radical (unpaired) electrons. The summed E-state index contributed by atoms with van der Waals surface area (Å²) in [6.45, 7) is 1.32. The van der Waals surface area contributed by atoms with E-state index in [-0.39, 0.29) is 6.42 Å². The number of nitrogens with zero attached hydrogens (tertiary/aromatic N) is 1. The average Bonchev–Trinajstić information content (AvgIpc) is 3.06. The molecule has 0 spiro atoms. The van der Waals surface area contributed by atoms with Crippen LogP contribution in [0.1, 0.15) is 70.6 Å². The lowest BCUT2D eigenvalue weighted by atomic mass is 9.84. The van der Waals surface area contributed by atoms with Gasteiger partial charge in [-0.3, -0.25) is 4.79 Å². The van der Waals surface area contributed by atoms with Crippen LogP contribution < -0.4 is 15.0 Å². The van der Waals surface area contributed by atoms with Crippen molar-refractivity contribution < 1.29 is 23.8 Å². The van der Waals surface area contributed by atoms with Gasteiger partial charge in [-0.15, -0.1) is 0 Å². The Balaban J connectivity index is 1.29. The normalized spacial score (nSPS) is 14.0. The number of anilines is 1. The first-order valence-electron chi connectivity index (χ1n) is 15.2. The van der Waals surface area contributed by atoms with E-state index >= 15 is 0 Å². The molecule has 44 heavy (non-hydrogen) atoms. The zero-order valence-electron chi connectivity index (χ0n) is 25.0. The molecule has 4 aromatic carbocycles. The van der Waals surface area contributed by atoms with Gasteiger partial charge in [-0.05, 0) is 89.5 Å². The second-order valence-electron chi connectivity index (χ2n) is 11.5. The Hall–Kier alpha value is -4.65. The Morgan fingerprint density at radius 2 is 1.39 bits per heavy atom. The number of aliphatic carboxylic acids is 1. The number of hydrogen-bond donors (Lipinski definition) is 2. The summed E-state index contributed by atoms with van der Waals surface area (Å²) >= 11 is 0. The van der Waals surface area contributed by atoms with Crippen LogP contribution in [0.15, 0.2) is 97.1 Å². The fourth-order valence-electron chi connectivity index (χ4n) is 5.86. The monoisotopic (exact) mass is 594 g/mol. The lowest BCUT2D eigenvalue weighted by Gasteiger charge is -2.27. The van der Waals surface area contributed by atoms with Crippen LogP contribution in [-0.2, 0) is 24.3 Å². The highest BCUT2D eigenvalue weighted by Gasteiger charge is 2.22. The maximum Gasteiger partial charge on any atom is 0.326 e. The van der Waals surface area contributed by atoms with Crippen LogP contribution in [0.2, 0.25) is 0 Å². The van der Waals surface area contributed by atoms with E-state index in [0.717, 1.165) is 22.6 Å². The molecule has 0 aromatic heterocycles. The molecular formula is C37H39FN2O4. The van der Waals surface area contributed by atoms with Crippen LogP contribution in [0.25, 0.3) is 0 Å². The first-order valence-corrected chi connectivity index (χ1v) is 15.2. The van der Waals surface area contributed by atoms with Crippen LogP contribution in [0.5, 0.6) is 5.75 Å². The number of hydrogen-bond acceptors (Lipinski definition) is 4. The van der Waals surface area contributed by atoms with Gasteiger partial charge in [-0.25, -0.2) is 9.18 Å². The predicted molar refractivity (Wildman–Crippen MR) is 171 cm³/mol. The Labute approximate surface area is 258 Å². The van der Waals surface area contributed by atoms with Crippen molar-refractivity contribution in [1.29, 1.82) is 0 Å². The van der Waals surface area contributed by atoms with Crippen molar-refractivity contribution in [3.05, 3.63) is 131 Å². The molecule has 0 aliphatic heterocycles. The molecule has 1 saturated carbocycles. The average molecular weight is 595 g/mol. The van der Waals surface area contributed by atoms with Crippen molar-refractivity contribution in [1.82, 2.24) is 5.32 Å². The summed E-state index contributed by atoms with van der Waals surface area (Å²) in [4.78, 5) is 27.1. The van der Waals surface area contributed by atoms with Gasteiger partial charge in [0.1, 0.15) is 17.6 Å². The molecule has 1 aliphatic carbocycles. The topological polar surface area (TPSA) is 78.9 Å². The molecule has 7 heteroatoms. The third-order valence-corrected chi connectivity index (χ3v) is 8.41. The highest BCUT2D eigenvalue weighted by molar-refractivity contribution is 5.96. The van der Waals surface area contributed by atoms with Gasteiger partial charge in [0.05, 0.1) is 7.11 Å². The zero-order valence-corrected chi connectivity index (χ0v) is 25.0. The molecule has 0 bridgehead atoms. The van der Waals surface area contributed by atoms with Crippen molar-refractivity contribution in [3.63, 3.8) is 0 Å². The number of rotatable bonds is 12. The molecular weight excluding hydrogens is 555 g/mol. The summed E-state index contributed by atoms with van der Waals surface area (Å²) in [7, 11) is 1.66. The van der Waals surface area contributed by atoms with Gasteiger partial charge >= 0.3 is 5.97 Å². The number of halogens is 1. The van der Waals surface area contributed by atoms with E-state index in [1.54, 1.807) is 19.2 Å². The third-order valence-electron chi connectivity index (χ3n) is 8.41. The number of amides is 1. The van der Waals surface area contributed by atoms with Gasteiger partial charge < -0.3 is 20.1 Å². The molecule has 1 aliphatic rings. The van der Waals surface area contributed by atoms with Crippen LogP contribution >= 0.6 is 0 Å². The fraction of sp³-hybridized carbons (Fsp3) is 0.297. The molecule has 5 rings (SSSR count). The molecule has 4 aromatic rings. The Morgan fingerprint density at radius 3 is 1.95 bits per heavy atom. The summed E-state index contributed by atoms with van der Waals surface area (Å²) in [6.07, 6.45) is 6.51. The van der Waals surface area contributed by atoms with Crippen molar-refractivity contribution in [2.45, 2.75) is 63.6 Å². The number of nitrogens with one attached hydrogen (secondary N) is 1. The number of carbonyl (C=O) groups excluding carboxylic acids is 1. The van der Waals surface area contributed by atoms with Crippen molar-refractivity contribution in [3.8, 4) is 5.75 Å². The van der Waals surface area contributed by atoms with Crippen LogP contribution in [0.4, 0.5) is 10.1 Å². The van der Waals surface area contributed by atoms with E-state index in [1.807, 2.05) is 24.3 Å². The minimum atomic E-state index is -1.15. The number of carbonyl (C=O) groups is 2. The van der Waals surface area contributed by atoms with Gasteiger partial charge in [0.2, 0.25) is 0 Å². The minimum Gasteiger partial charge on any atom is -0.497 e. The van der Waals surface area contributed by atoms with Crippen LogP contribution in [0.3, 0.4) is 0 Å². The highest BCUT2D eigenvalue weighted by atomic mass is 19.1. The third kappa shape index (κ3) is 8.25. The maximum absolute atomic E-state index is 13.3. The minimum absolute atomic E-state index is 0.0549. The summed E-state index contributed by atoms with van der Waals surface area (Å²) in [6, 6.07) is 28.7. The van der Waals surface area contributed by atoms with E-state index in [9.17, 15) is 19.1 Å². The molecule has 0 heterocycles. The molecule has 1 unspecified atom stereocenters. The quantitative estimate of drug-likeness (QED) is 0.177. The van der Waals surface area contributed by atoms with Crippen molar-refractivity contribution in [2.24, 2.45) is 0 Å². The number of methoxy groups -OCH3 is 1. The second-order valence-corrected chi connectivity index (χ2v) is 11.5. The second kappa shape index (κ2) is 14.7. The Bertz CT molecular complexity index is 1510. The van der Waals surface area contributed by atoms with E-state index in [2.05, 4.69) is 46.6 Å². The van der Waals surface area contributed by atoms with Gasteiger partial charge in [-0.1, -0.05) is 67.8 Å². The number of benzene rings is 4. The van der Waals surface area contributed by atoms with Gasteiger partial charge in [0.15, 0.2) is 0 Å². The first-order chi connectivity index (χ1) is 21.4. The van der Waals surface area contributed by atoms with Gasteiger partial charge in [0, 0.05) is 30.8 Å². The summed E-state index contributed by atoms with van der Waals surface area (Å²) in [5.41, 5.74) is 5.70. The molecule has 1 atom stereocenters. The molecule has 1 fully saturated rings. The van der Waals surface area contributed by atoms with Crippen molar-refractivity contribution in [2.75, 3.05) is 12.0 Å². The Kier molecular flexibility index (Phi) is 10.3. The fourth-order valence-corrected chi connectivity index (χ4v) is 5.86. The lowest BCUT2D eigenvalue weighted by molar-refractivity contribution is -0.139.